The van der Waals surface area contributed by atoms with Gasteiger partial charge < -0.3 is 9.64 Å². The van der Waals surface area contributed by atoms with E-state index >= 15 is 0 Å². The molecule has 0 spiro atoms. The van der Waals surface area contributed by atoms with Crippen molar-refractivity contribution in [3.63, 3.8) is 0 Å². The van der Waals surface area contributed by atoms with Crippen LogP contribution >= 0.6 is 0 Å². The Kier molecular flexibility index (Phi) is 6.04. The van der Waals surface area contributed by atoms with Crippen LogP contribution in [0.25, 0.3) is 5.57 Å². The van der Waals surface area contributed by atoms with Gasteiger partial charge >= 0.3 is 0 Å². The minimum Gasteiger partial charge on any atom is -0.379 e. The van der Waals surface area contributed by atoms with Gasteiger partial charge in [0.2, 0.25) is 0 Å². The minimum atomic E-state index is -0.182. The van der Waals surface area contributed by atoms with E-state index in [1.54, 1.807) is 0 Å². The number of nitrogens with zero attached hydrogens (tertiary/aromatic N) is 3. The number of hydrogen-bond donors (Lipinski definition) is 0. The maximum absolute atomic E-state index is 13.8. The van der Waals surface area contributed by atoms with E-state index < -0.39 is 0 Å². The van der Waals surface area contributed by atoms with Crippen molar-refractivity contribution in [1.82, 2.24) is 9.80 Å². The second-order valence-corrected chi connectivity index (χ2v) is 9.14. The molecule has 6 heteroatoms. The Morgan fingerprint density at radius 2 is 1.70 bits per heavy atom. The first-order valence-electron chi connectivity index (χ1n) is 11.9. The molecule has 2 aromatic carbocycles. The normalized spacial score (nSPS) is 19.5. The van der Waals surface area contributed by atoms with Crippen LogP contribution in [-0.4, -0.2) is 67.6 Å². The van der Waals surface area contributed by atoms with Crippen molar-refractivity contribution >= 4 is 23.1 Å². The van der Waals surface area contributed by atoms with E-state index in [0.717, 1.165) is 54.9 Å². The molecule has 5 rings (SSSR count). The first-order valence-corrected chi connectivity index (χ1v) is 11.9. The number of carbonyl (C=O) groups excluding carboxylic acids is 2. The van der Waals surface area contributed by atoms with Gasteiger partial charge in [-0.1, -0.05) is 42.0 Å². The van der Waals surface area contributed by atoms with Gasteiger partial charge in [0, 0.05) is 38.4 Å². The molecule has 6 nitrogen and oxygen atoms in total. The molecule has 0 unspecified atom stereocenters. The van der Waals surface area contributed by atoms with Gasteiger partial charge in [-0.2, -0.15) is 0 Å². The van der Waals surface area contributed by atoms with Crippen LogP contribution in [-0.2, 0) is 20.7 Å². The van der Waals surface area contributed by atoms with Crippen LogP contribution in [0.5, 0.6) is 0 Å². The van der Waals surface area contributed by atoms with E-state index in [1.165, 1.54) is 10.5 Å². The third kappa shape index (κ3) is 4.09. The van der Waals surface area contributed by atoms with Crippen molar-refractivity contribution in [3.8, 4) is 0 Å². The van der Waals surface area contributed by atoms with Gasteiger partial charge in [0.05, 0.1) is 18.8 Å². The quantitative estimate of drug-likeness (QED) is 0.662. The average molecular weight is 446 g/mol. The number of para-hydroxylation sites is 1. The fourth-order valence-electron chi connectivity index (χ4n) is 5.19. The fraction of sp³-hybridized carbons (Fsp3) is 0.407. The van der Waals surface area contributed by atoms with E-state index in [9.17, 15) is 9.59 Å². The summed E-state index contributed by atoms with van der Waals surface area (Å²) in [5, 5.41) is 0. The molecule has 172 valence electrons. The van der Waals surface area contributed by atoms with Gasteiger partial charge in [-0.15, -0.1) is 0 Å². The zero-order valence-corrected chi connectivity index (χ0v) is 19.5. The molecule has 0 N–H and O–H groups in total. The monoisotopic (exact) mass is 445 g/mol. The molecule has 0 atom stereocenters. The van der Waals surface area contributed by atoms with Crippen LogP contribution in [0.4, 0.5) is 5.69 Å². The van der Waals surface area contributed by atoms with E-state index in [0.29, 0.717) is 37.6 Å². The number of ether oxygens (including phenoxy) is 1. The fourth-order valence-corrected chi connectivity index (χ4v) is 5.19. The standard InChI is InChI=1S/C27H31N3O3/c1-19-9-10-22(20(2)18-19)24-25(29-11-5-7-21-6-3-4-8-23(21)29)27(32)30(26(24)31)13-12-28-14-16-33-17-15-28/h3-4,6,8-10,18H,5,7,11-17H2,1-2H3. The molecule has 0 saturated carbocycles. The van der Waals surface area contributed by atoms with Crippen LogP contribution in [0.2, 0.25) is 0 Å². The van der Waals surface area contributed by atoms with E-state index in [-0.39, 0.29) is 11.8 Å². The highest BCUT2D eigenvalue weighted by molar-refractivity contribution is 6.37. The van der Waals surface area contributed by atoms with Gasteiger partial charge in [0.1, 0.15) is 5.70 Å². The number of anilines is 1. The summed E-state index contributed by atoms with van der Waals surface area (Å²) in [4.78, 5) is 33.4. The molecule has 2 aromatic rings. The number of benzene rings is 2. The van der Waals surface area contributed by atoms with Crippen LogP contribution < -0.4 is 4.90 Å². The Balaban J connectivity index is 1.55. The van der Waals surface area contributed by atoms with Crippen molar-refractivity contribution in [2.45, 2.75) is 26.7 Å². The highest BCUT2D eigenvalue weighted by Gasteiger charge is 2.43. The van der Waals surface area contributed by atoms with E-state index in [1.807, 2.05) is 38.1 Å². The number of amides is 2. The predicted molar refractivity (Wildman–Crippen MR) is 129 cm³/mol. The first kappa shape index (κ1) is 21.9. The Hall–Kier alpha value is -2.96. The van der Waals surface area contributed by atoms with Crippen LogP contribution in [0.3, 0.4) is 0 Å². The third-order valence-electron chi connectivity index (χ3n) is 6.92. The SMILES string of the molecule is Cc1ccc(C2=C(N3CCCc4ccccc43)C(=O)N(CCN3CCOCC3)C2=O)c(C)c1. The highest BCUT2D eigenvalue weighted by Crippen LogP contribution is 2.38. The number of fused-ring (bicyclic) bond motifs is 1. The minimum absolute atomic E-state index is 0.181. The van der Waals surface area contributed by atoms with Gasteiger partial charge in [-0.25, -0.2) is 0 Å². The lowest BCUT2D eigenvalue weighted by atomic mass is 9.95. The molecule has 3 aliphatic rings. The van der Waals surface area contributed by atoms with Crippen molar-refractivity contribution in [1.29, 1.82) is 0 Å². The summed E-state index contributed by atoms with van der Waals surface area (Å²) in [6.45, 7) is 8.93. The number of hydrogen-bond acceptors (Lipinski definition) is 5. The predicted octanol–water partition coefficient (Wildman–Crippen LogP) is 3.17. The lowest BCUT2D eigenvalue weighted by Crippen LogP contribution is -2.44. The first-order chi connectivity index (χ1) is 16.0. The number of morpholine rings is 1. The highest BCUT2D eigenvalue weighted by atomic mass is 16.5. The van der Waals surface area contributed by atoms with Crippen LogP contribution in [0.15, 0.2) is 48.2 Å². The molecular formula is C27H31N3O3. The molecule has 0 bridgehead atoms. The molecule has 0 aliphatic carbocycles. The maximum Gasteiger partial charge on any atom is 0.278 e. The molecule has 3 heterocycles. The summed E-state index contributed by atoms with van der Waals surface area (Å²) >= 11 is 0. The Morgan fingerprint density at radius 3 is 2.48 bits per heavy atom. The van der Waals surface area contributed by atoms with E-state index in [4.69, 9.17) is 4.74 Å². The molecule has 3 aliphatic heterocycles. The average Bonchev–Trinajstić information content (AvgIpc) is 3.07. The summed E-state index contributed by atoms with van der Waals surface area (Å²) < 4.78 is 5.44. The molecule has 1 saturated heterocycles. The molecule has 1 fully saturated rings. The summed E-state index contributed by atoms with van der Waals surface area (Å²) in [5.74, 6) is -0.363. The lowest BCUT2D eigenvalue weighted by Gasteiger charge is -2.32. The largest absolute Gasteiger partial charge is 0.379 e. The van der Waals surface area contributed by atoms with Gasteiger partial charge in [-0.05, 0) is 49.4 Å². The van der Waals surface area contributed by atoms with Gasteiger partial charge in [0.25, 0.3) is 11.8 Å². The topological polar surface area (TPSA) is 53.1 Å². The Labute approximate surface area is 195 Å². The van der Waals surface area contributed by atoms with Gasteiger partial charge in [-0.3, -0.25) is 19.4 Å². The van der Waals surface area contributed by atoms with Crippen molar-refractivity contribution in [2.75, 3.05) is 50.8 Å². The number of aryl methyl sites for hydroxylation is 3. The molecule has 0 aromatic heterocycles. The zero-order valence-electron chi connectivity index (χ0n) is 19.5. The van der Waals surface area contributed by atoms with E-state index in [2.05, 4.69) is 28.0 Å². The second kappa shape index (κ2) is 9.12. The van der Waals surface area contributed by atoms with Crippen molar-refractivity contribution in [2.24, 2.45) is 0 Å². The third-order valence-corrected chi connectivity index (χ3v) is 6.92. The van der Waals surface area contributed by atoms with Crippen molar-refractivity contribution in [3.05, 3.63) is 70.4 Å². The second-order valence-electron chi connectivity index (χ2n) is 9.14. The molecule has 2 amide bonds. The van der Waals surface area contributed by atoms with Gasteiger partial charge in [0.15, 0.2) is 0 Å². The Morgan fingerprint density at radius 1 is 0.909 bits per heavy atom. The Bertz CT molecular complexity index is 1120. The van der Waals surface area contributed by atoms with Crippen molar-refractivity contribution < 1.29 is 14.3 Å². The summed E-state index contributed by atoms with van der Waals surface area (Å²) in [5.41, 5.74) is 6.34. The molecule has 0 radical (unpaired) electrons. The maximum atomic E-state index is 13.8. The number of rotatable bonds is 5. The van der Waals surface area contributed by atoms with Crippen LogP contribution in [0, 0.1) is 13.8 Å². The number of carbonyl (C=O) groups is 2. The number of imide groups is 1. The zero-order chi connectivity index (χ0) is 22.9. The summed E-state index contributed by atoms with van der Waals surface area (Å²) in [7, 11) is 0. The summed E-state index contributed by atoms with van der Waals surface area (Å²) in [6.07, 6.45) is 1.94. The summed E-state index contributed by atoms with van der Waals surface area (Å²) in [6, 6.07) is 14.3. The molecular weight excluding hydrogens is 414 g/mol. The molecule has 33 heavy (non-hydrogen) atoms. The van der Waals surface area contributed by atoms with Crippen LogP contribution in [0.1, 0.15) is 28.7 Å². The lowest BCUT2D eigenvalue weighted by molar-refractivity contribution is -0.137. The smallest absolute Gasteiger partial charge is 0.278 e.